The molecule has 2 aromatic rings. The van der Waals surface area contributed by atoms with Gasteiger partial charge >= 0.3 is 0 Å². The molecule has 112 valence electrons. The van der Waals surface area contributed by atoms with Crippen molar-refractivity contribution in [3.05, 3.63) is 41.6 Å². The minimum Gasteiger partial charge on any atom is -0.319 e. The number of amides is 1. The summed E-state index contributed by atoms with van der Waals surface area (Å²) in [5, 5.41) is 8.30. The van der Waals surface area contributed by atoms with Crippen molar-refractivity contribution in [1.29, 1.82) is 0 Å². The van der Waals surface area contributed by atoms with E-state index in [0.717, 1.165) is 29.8 Å². The van der Waals surface area contributed by atoms with E-state index in [1.165, 1.54) is 0 Å². The van der Waals surface area contributed by atoms with Crippen molar-refractivity contribution in [2.24, 2.45) is 0 Å². The maximum Gasteiger partial charge on any atom is 0.262 e. The lowest BCUT2D eigenvalue weighted by Crippen LogP contribution is -2.30. The van der Waals surface area contributed by atoms with E-state index in [9.17, 15) is 4.79 Å². The van der Waals surface area contributed by atoms with E-state index in [4.69, 9.17) is 0 Å². The van der Waals surface area contributed by atoms with Gasteiger partial charge in [-0.2, -0.15) is 5.10 Å². The van der Waals surface area contributed by atoms with Gasteiger partial charge in [0.05, 0.1) is 23.1 Å². The van der Waals surface area contributed by atoms with Crippen LogP contribution in [0.2, 0.25) is 0 Å². The Balaban J connectivity index is 2.01. The lowest BCUT2D eigenvalue weighted by atomic mass is 10.1. The molecule has 1 fully saturated rings. The lowest BCUT2D eigenvalue weighted by Gasteiger charge is -2.26. The van der Waals surface area contributed by atoms with Crippen molar-refractivity contribution >= 4 is 23.1 Å². The van der Waals surface area contributed by atoms with Crippen LogP contribution in [-0.2, 0) is 0 Å². The minimum absolute atomic E-state index is 0.00222. The Kier molecular flexibility index (Phi) is 2.89. The Hall–Kier alpha value is -2.43. The second-order valence-electron chi connectivity index (χ2n) is 5.91. The van der Waals surface area contributed by atoms with Crippen molar-refractivity contribution in [3.8, 4) is 0 Å². The molecule has 0 spiro atoms. The summed E-state index contributed by atoms with van der Waals surface area (Å²) in [4.78, 5) is 17.0. The van der Waals surface area contributed by atoms with Crippen LogP contribution in [0.1, 0.15) is 35.7 Å². The normalized spacial score (nSPS) is 17.1. The average Bonchev–Trinajstić information content (AvgIpc) is 3.35. The molecular formula is C17H18N4O. The number of aryl methyl sites for hydroxylation is 1. The van der Waals surface area contributed by atoms with Gasteiger partial charge in [-0.1, -0.05) is 6.07 Å². The fourth-order valence-corrected chi connectivity index (χ4v) is 3.11. The summed E-state index contributed by atoms with van der Waals surface area (Å²) < 4.78 is 0. The van der Waals surface area contributed by atoms with Crippen molar-refractivity contribution in [2.75, 3.05) is 16.3 Å². The van der Waals surface area contributed by atoms with Crippen LogP contribution in [0, 0.1) is 6.92 Å². The first kappa shape index (κ1) is 13.2. The highest BCUT2D eigenvalue weighted by molar-refractivity contribution is 6.13. The van der Waals surface area contributed by atoms with Crippen LogP contribution in [0.3, 0.4) is 0 Å². The third kappa shape index (κ3) is 1.89. The number of carbonyl (C=O) groups excluding carboxylic acids is 1. The monoisotopic (exact) mass is 294 g/mol. The van der Waals surface area contributed by atoms with Crippen molar-refractivity contribution in [3.63, 3.8) is 0 Å². The van der Waals surface area contributed by atoms with Gasteiger partial charge in [-0.15, -0.1) is 5.10 Å². The number of aromatic nitrogens is 2. The Morgan fingerprint density at radius 1 is 1.23 bits per heavy atom. The first-order chi connectivity index (χ1) is 10.7. The van der Waals surface area contributed by atoms with E-state index in [0.29, 0.717) is 24.0 Å². The molecule has 2 heterocycles. The Bertz CT molecular complexity index is 754. The van der Waals surface area contributed by atoms with Gasteiger partial charge < -0.3 is 9.80 Å². The highest BCUT2D eigenvalue weighted by Crippen LogP contribution is 2.45. The van der Waals surface area contributed by atoms with Crippen LogP contribution < -0.4 is 9.80 Å². The fraction of sp³-hybridized carbons (Fsp3) is 0.353. The quantitative estimate of drug-likeness (QED) is 0.854. The van der Waals surface area contributed by atoms with E-state index < -0.39 is 0 Å². The van der Waals surface area contributed by atoms with Gasteiger partial charge in [-0.3, -0.25) is 4.79 Å². The van der Waals surface area contributed by atoms with Crippen LogP contribution >= 0.6 is 0 Å². The Morgan fingerprint density at radius 3 is 2.77 bits per heavy atom. The van der Waals surface area contributed by atoms with Gasteiger partial charge in [0.15, 0.2) is 5.82 Å². The molecule has 1 aromatic heterocycles. The molecule has 0 N–H and O–H groups in total. The van der Waals surface area contributed by atoms with Gasteiger partial charge in [0.25, 0.3) is 5.91 Å². The number of fused-ring (bicyclic) bond motifs is 2. The zero-order valence-corrected chi connectivity index (χ0v) is 12.8. The first-order valence-corrected chi connectivity index (χ1v) is 7.74. The highest BCUT2D eigenvalue weighted by Gasteiger charge is 2.39. The number of hydrogen-bond donors (Lipinski definition) is 0. The molecule has 1 amide bonds. The molecule has 1 aliphatic carbocycles. The van der Waals surface area contributed by atoms with E-state index in [2.05, 4.69) is 40.2 Å². The summed E-state index contributed by atoms with van der Waals surface area (Å²) in [5.74, 6) is 0.693. The summed E-state index contributed by atoms with van der Waals surface area (Å²) in [6.45, 7) is 4.69. The Labute approximate surface area is 129 Å². The van der Waals surface area contributed by atoms with Gasteiger partial charge in [0.1, 0.15) is 0 Å². The number of carbonyl (C=O) groups is 1. The number of rotatable bonds is 2. The van der Waals surface area contributed by atoms with Gasteiger partial charge in [0, 0.05) is 12.6 Å². The largest absolute Gasteiger partial charge is 0.319 e. The predicted molar refractivity (Wildman–Crippen MR) is 85.7 cm³/mol. The van der Waals surface area contributed by atoms with Crippen molar-refractivity contribution in [1.82, 2.24) is 10.2 Å². The third-order valence-electron chi connectivity index (χ3n) is 4.31. The number of benzene rings is 1. The summed E-state index contributed by atoms with van der Waals surface area (Å²) in [5.41, 5.74) is 3.82. The lowest BCUT2D eigenvalue weighted by molar-refractivity contribution is 0.0989. The van der Waals surface area contributed by atoms with Gasteiger partial charge in [-0.25, -0.2) is 0 Å². The second kappa shape index (κ2) is 4.80. The van der Waals surface area contributed by atoms with Crippen LogP contribution in [0.4, 0.5) is 17.2 Å². The molecule has 2 aliphatic rings. The Morgan fingerprint density at radius 2 is 2.05 bits per heavy atom. The predicted octanol–water partition coefficient (Wildman–Crippen LogP) is 3.07. The molecule has 0 radical (unpaired) electrons. The maximum absolute atomic E-state index is 13.0. The molecule has 1 saturated carbocycles. The van der Waals surface area contributed by atoms with E-state index >= 15 is 0 Å². The van der Waals surface area contributed by atoms with Crippen molar-refractivity contribution < 1.29 is 4.79 Å². The molecule has 0 atom stereocenters. The van der Waals surface area contributed by atoms with Gasteiger partial charge in [-0.05, 0) is 50.5 Å². The molecule has 0 bridgehead atoms. The molecule has 1 aliphatic heterocycles. The fourth-order valence-electron chi connectivity index (χ4n) is 3.11. The van der Waals surface area contributed by atoms with E-state index in [1.54, 1.807) is 12.3 Å². The molecule has 0 unspecified atom stereocenters. The SMILES string of the molecule is CCN1C(=O)c2ccnnc2N(C2CC2)c2ccc(C)cc21. The molecule has 1 aromatic carbocycles. The molecular weight excluding hydrogens is 276 g/mol. The van der Waals surface area contributed by atoms with Crippen LogP contribution in [0.25, 0.3) is 0 Å². The van der Waals surface area contributed by atoms with E-state index in [1.807, 2.05) is 11.8 Å². The van der Waals surface area contributed by atoms with Crippen LogP contribution in [-0.4, -0.2) is 28.7 Å². The number of hydrogen-bond acceptors (Lipinski definition) is 4. The molecule has 4 rings (SSSR count). The number of anilines is 3. The maximum atomic E-state index is 13.0. The third-order valence-corrected chi connectivity index (χ3v) is 4.31. The smallest absolute Gasteiger partial charge is 0.262 e. The zero-order chi connectivity index (χ0) is 15.3. The van der Waals surface area contributed by atoms with E-state index in [-0.39, 0.29) is 5.91 Å². The molecule has 0 saturated heterocycles. The average molecular weight is 294 g/mol. The second-order valence-corrected chi connectivity index (χ2v) is 5.91. The van der Waals surface area contributed by atoms with Crippen LogP contribution in [0.5, 0.6) is 0 Å². The standard InChI is InChI=1S/C17H18N4O/c1-3-20-15-10-11(2)4-7-14(15)21(12-5-6-12)16-13(17(20)22)8-9-18-19-16/h4,7-10,12H,3,5-6H2,1-2H3. The summed E-state index contributed by atoms with van der Waals surface area (Å²) in [6.07, 6.45) is 3.85. The topological polar surface area (TPSA) is 49.3 Å². The summed E-state index contributed by atoms with van der Waals surface area (Å²) >= 11 is 0. The summed E-state index contributed by atoms with van der Waals surface area (Å²) in [7, 11) is 0. The molecule has 5 heteroatoms. The summed E-state index contributed by atoms with van der Waals surface area (Å²) in [6, 6.07) is 8.48. The van der Waals surface area contributed by atoms with Crippen LogP contribution in [0.15, 0.2) is 30.5 Å². The minimum atomic E-state index is 0.00222. The molecule has 22 heavy (non-hydrogen) atoms. The number of nitrogens with zero attached hydrogens (tertiary/aromatic N) is 4. The first-order valence-electron chi connectivity index (χ1n) is 7.74. The zero-order valence-electron chi connectivity index (χ0n) is 12.8. The molecule has 5 nitrogen and oxygen atoms in total. The van der Waals surface area contributed by atoms with Gasteiger partial charge in [0.2, 0.25) is 0 Å². The highest BCUT2D eigenvalue weighted by atomic mass is 16.2. The van der Waals surface area contributed by atoms with Crippen molar-refractivity contribution in [2.45, 2.75) is 32.7 Å².